The SMILES string of the molecule is CCC(CC)C(=O)N(Cc1ccco1)CC(C)C(=O)O. The van der Waals surface area contributed by atoms with Gasteiger partial charge >= 0.3 is 5.97 Å². The maximum absolute atomic E-state index is 12.5. The van der Waals surface area contributed by atoms with Crippen molar-refractivity contribution < 1.29 is 19.1 Å². The van der Waals surface area contributed by atoms with Crippen LogP contribution < -0.4 is 0 Å². The standard InChI is InChI=1S/C15H23NO4/c1-4-12(5-2)14(17)16(9-11(3)15(18)19)10-13-7-6-8-20-13/h6-8,11-12H,4-5,9-10H2,1-3H3,(H,18,19). The Hall–Kier alpha value is -1.78. The topological polar surface area (TPSA) is 70.8 Å². The van der Waals surface area contributed by atoms with E-state index in [0.29, 0.717) is 12.3 Å². The molecule has 0 saturated heterocycles. The summed E-state index contributed by atoms with van der Waals surface area (Å²) in [6.45, 7) is 6.07. The largest absolute Gasteiger partial charge is 0.481 e. The molecule has 0 aliphatic rings. The van der Waals surface area contributed by atoms with E-state index in [-0.39, 0.29) is 18.4 Å². The lowest BCUT2D eigenvalue weighted by Gasteiger charge is -2.27. The maximum Gasteiger partial charge on any atom is 0.308 e. The molecule has 0 bridgehead atoms. The van der Waals surface area contributed by atoms with Crippen molar-refractivity contribution in [2.45, 2.75) is 40.2 Å². The quantitative estimate of drug-likeness (QED) is 0.795. The molecule has 112 valence electrons. The van der Waals surface area contributed by atoms with Gasteiger partial charge in [0, 0.05) is 12.5 Å². The lowest BCUT2D eigenvalue weighted by Crippen LogP contribution is -2.39. The summed E-state index contributed by atoms with van der Waals surface area (Å²) in [5, 5.41) is 9.03. The third kappa shape index (κ3) is 4.40. The Bertz CT molecular complexity index is 423. The number of nitrogens with zero attached hydrogens (tertiary/aromatic N) is 1. The summed E-state index contributed by atoms with van der Waals surface area (Å²) in [6.07, 6.45) is 3.06. The van der Waals surface area contributed by atoms with Crippen LogP contribution in [0.5, 0.6) is 0 Å². The van der Waals surface area contributed by atoms with Crippen LogP contribution in [0.25, 0.3) is 0 Å². The van der Waals surface area contributed by atoms with Gasteiger partial charge in [0.1, 0.15) is 5.76 Å². The molecule has 5 heteroatoms. The molecule has 1 aromatic heterocycles. The number of carbonyl (C=O) groups is 2. The Labute approximate surface area is 119 Å². The highest BCUT2D eigenvalue weighted by atomic mass is 16.4. The lowest BCUT2D eigenvalue weighted by molar-refractivity contribution is -0.144. The summed E-state index contributed by atoms with van der Waals surface area (Å²) in [5.74, 6) is -0.887. The Morgan fingerprint density at radius 3 is 2.45 bits per heavy atom. The van der Waals surface area contributed by atoms with Gasteiger partial charge in [0.25, 0.3) is 0 Å². The van der Waals surface area contributed by atoms with Crippen molar-refractivity contribution in [3.05, 3.63) is 24.2 Å². The van der Waals surface area contributed by atoms with E-state index >= 15 is 0 Å². The second kappa shape index (κ2) is 7.72. The van der Waals surface area contributed by atoms with E-state index < -0.39 is 11.9 Å². The number of furan rings is 1. The maximum atomic E-state index is 12.5. The summed E-state index contributed by atoms with van der Waals surface area (Å²) >= 11 is 0. The highest BCUT2D eigenvalue weighted by molar-refractivity contribution is 5.79. The third-order valence-electron chi connectivity index (χ3n) is 3.49. The summed E-state index contributed by atoms with van der Waals surface area (Å²) in [7, 11) is 0. The molecule has 1 heterocycles. The van der Waals surface area contributed by atoms with Crippen molar-refractivity contribution in [2.24, 2.45) is 11.8 Å². The van der Waals surface area contributed by atoms with Gasteiger partial charge in [-0.3, -0.25) is 9.59 Å². The van der Waals surface area contributed by atoms with Crippen molar-refractivity contribution >= 4 is 11.9 Å². The van der Waals surface area contributed by atoms with Crippen molar-refractivity contribution in [1.82, 2.24) is 4.90 Å². The highest BCUT2D eigenvalue weighted by Gasteiger charge is 2.25. The van der Waals surface area contributed by atoms with E-state index in [9.17, 15) is 9.59 Å². The lowest BCUT2D eigenvalue weighted by atomic mass is 10.0. The molecular weight excluding hydrogens is 258 g/mol. The molecule has 0 spiro atoms. The fraction of sp³-hybridized carbons (Fsp3) is 0.600. The fourth-order valence-corrected chi connectivity index (χ4v) is 2.13. The first-order valence-electron chi connectivity index (χ1n) is 7.03. The van der Waals surface area contributed by atoms with Crippen molar-refractivity contribution in [3.63, 3.8) is 0 Å². The van der Waals surface area contributed by atoms with Crippen LogP contribution in [-0.2, 0) is 16.1 Å². The predicted octanol–water partition coefficient (Wildman–Crippen LogP) is 2.77. The summed E-state index contributed by atoms with van der Waals surface area (Å²) in [5.41, 5.74) is 0. The van der Waals surface area contributed by atoms with Gasteiger partial charge in [0.15, 0.2) is 0 Å². The zero-order chi connectivity index (χ0) is 15.1. The van der Waals surface area contributed by atoms with Crippen LogP contribution in [0.15, 0.2) is 22.8 Å². The molecular formula is C15H23NO4. The number of rotatable bonds is 8. The number of carboxylic acid groups (broad SMARTS) is 1. The molecule has 1 rings (SSSR count). The zero-order valence-corrected chi connectivity index (χ0v) is 12.3. The van der Waals surface area contributed by atoms with Crippen LogP contribution in [0.4, 0.5) is 0 Å². The number of carboxylic acids is 1. The van der Waals surface area contributed by atoms with Crippen LogP contribution >= 0.6 is 0 Å². The molecule has 1 N–H and O–H groups in total. The van der Waals surface area contributed by atoms with Gasteiger partial charge in [-0.2, -0.15) is 0 Å². The zero-order valence-electron chi connectivity index (χ0n) is 12.3. The highest BCUT2D eigenvalue weighted by Crippen LogP contribution is 2.16. The van der Waals surface area contributed by atoms with Gasteiger partial charge in [-0.1, -0.05) is 20.8 Å². The number of aliphatic carboxylic acids is 1. The van der Waals surface area contributed by atoms with Crippen LogP contribution in [-0.4, -0.2) is 28.4 Å². The van der Waals surface area contributed by atoms with Gasteiger partial charge in [0.2, 0.25) is 5.91 Å². The Morgan fingerprint density at radius 2 is 2.00 bits per heavy atom. The van der Waals surface area contributed by atoms with E-state index in [4.69, 9.17) is 9.52 Å². The van der Waals surface area contributed by atoms with Crippen molar-refractivity contribution in [3.8, 4) is 0 Å². The number of hydrogen-bond acceptors (Lipinski definition) is 3. The third-order valence-corrected chi connectivity index (χ3v) is 3.49. The minimum atomic E-state index is -0.896. The first-order valence-corrected chi connectivity index (χ1v) is 7.03. The average Bonchev–Trinajstić information content (AvgIpc) is 2.91. The molecule has 0 aliphatic heterocycles. The molecule has 0 fully saturated rings. The number of hydrogen-bond donors (Lipinski definition) is 1. The molecule has 0 aromatic carbocycles. The van der Waals surface area contributed by atoms with Crippen LogP contribution in [0, 0.1) is 11.8 Å². The van der Waals surface area contributed by atoms with Crippen molar-refractivity contribution in [2.75, 3.05) is 6.54 Å². The molecule has 1 atom stereocenters. The average molecular weight is 281 g/mol. The molecule has 0 aliphatic carbocycles. The molecule has 0 radical (unpaired) electrons. The van der Waals surface area contributed by atoms with Gasteiger partial charge in [-0.25, -0.2) is 0 Å². The first kappa shape index (κ1) is 16.3. The predicted molar refractivity (Wildman–Crippen MR) is 75.0 cm³/mol. The Balaban J connectivity index is 2.82. The second-order valence-corrected chi connectivity index (χ2v) is 5.05. The summed E-state index contributed by atoms with van der Waals surface area (Å²) in [6, 6.07) is 3.55. The molecule has 1 aromatic rings. The second-order valence-electron chi connectivity index (χ2n) is 5.05. The van der Waals surface area contributed by atoms with Crippen molar-refractivity contribution in [1.29, 1.82) is 0 Å². The normalized spacial score (nSPS) is 12.4. The van der Waals surface area contributed by atoms with Crippen LogP contribution in [0.3, 0.4) is 0 Å². The summed E-state index contributed by atoms with van der Waals surface area (Å²) < 4.78 is 5.26. The van der Waals surface area contributed by atoms with Crippen LogP contribution in [0.2, 0.25) is 0 Å². The van der Waals surface area contributed by atoms with Gasteiger partial charge in [0.05, 0.1) is 18.7 Å². The molecule has 1 amide bonds. The van der Waals surface area contributed by atoms with Gasteiger partial charge in [-0.15, -0.1) is 0 Å². The van der Waals surface area contributed by atoms with Gasteiger partial charge in [-0.05, 0) is 25.0 Å². The van der Waals surface area contributed by atoms with E-state index in [2.05, 4.69) is 0 Å². The number of amides is 1. The Morgan fingerprint density at radius 1 is 1.35 bits per heavy atom. The fourth-order valence-electron chi connectivity index (χ4n) is 2.13. The Kier molecular flexibility index (Phi) is 6.28. The summed E-state index contributed by atoms with van der Waals surface area (Å²) in [4.78, 5) is 25.1. The smallest absolute Gasteiger partial charge is 0.308 e. The molecule has 5 nitrogen and oxygen atoms in total. The van der Waals surface area contributed by atoms with E-state index in [0.717, 1.165) is 12.8 Å². The monoisotopic (exact) mass is 281 g/mol. The minimum Gasteiger partial charge on any atom is -0.481 e. The molecule has 20 heavy (non-hydrogen) atoms. The van der Waals surface area contributed by atoms with E-state index in [1.54, 1.807) is 30.2 Å². The first-order chi connectivity index (χ1) is 9.49. The molecule has 1 unspecified atom stereocenters. The van der Waals surface area contributed by atoms with E-state index in [1.165, 1.54) is 0 Å². The van der Waals surface area contributed by atoms with Gasteiger partial charge < -0.3 is 14.4 Å². The van der Waals surface area contributed by atoms with E-state index in [1.807, 2.05) is 13.8 Å². The number of carbonyl (C=O) groups excluding carboxylic acids is 1. The van der Waals surface area contributed by atoms with Crippen LogP contribution in [0.1, 0.15) is 39.4 Å². The minimum absolute atomic E-state index is 0.000463. The molecule has 0 saturated carbocycles.